The topological polar surface area (TPSA) is 127 Å². The fourth-order valence-corrected chi connectivity index (χ4v) is 5.66. The number of esters is 1. The number of nitrogens with zero attached hydrogens (tertiary/aromatic N) is 1. The summed E-state index contributed by atoms with van der Waals surface area (Å²) in [4.78, 5) is 24.7. The highest BCUT2D eigenvalue weighted by Crippen LogP contribution is 2.31. The molecule has 9 nitrogen and oxygen atoms in total. The van der Waals surface area contributed by atoms with Crippen LogP contribution in [0.25, 0.3) is 0 Å². The highest BCUT2D eigenvalue weighted by atomic mass is 32.2. The van der Waals surface area contributed by atoms with Crippen molar-refractivity contribution in [3.05, 3.63) is 59.7 Å². The number of hydrogen-bond donors (Lipinski definition) is 1. The van der Waals surface area contributed by atoms with E-state index in [4.69, 9.17) is 4.74 Å². The molecule has 0 radical (unpaired) electrons. The third-order valence-corrected chi connectivity index (χ3v) is 8.38. The number of ketones is 1. The maximum atomic E-state index is 12.5. The third-order valence-electron chi connectivity index (χ3n) is 5.04. The molecule has 0 unspecified atom stereocenters. The van der Waals surface area contributed by atoms with Gasteiger partial charge in [-0.2, -0.15) is 4.72 Å². The molecule has 0 bridgehead atoms. The first-order chi connectivity index (χ1) is 15.0. The molecule has 1 atom stereocenters. The van der Waals surface area contributed by atoms with Crippen LogP contribution >= 0.6 is 0 Å². The van der Waals surface area contributed by atoms with Gasteiger partial charge in [-0.3, -0.25) is 13.9 Å². The van der Waals surface area contributed by atoms with E-state index in [1.54, 1.807) is 37.3 Å². The molecule has 2 aromatic rings. The van der Waals surface area contributed by atoms with E-state index in [2.05, 4.69) is 4.72 Å². The lowest BCUT2D eigenvalue weighted by Crippen LogP contribution is -2.40. The Labute approximate surface area is 187 Å². The van der Waals surface area contributed by atoms with Gasteiger partial charge in [0.2, 0.25) is 20.0 Å². The number of nitrogens with one attached hydrogen (secondary N) is 1. The number of benzene rings is 2. The summed E-state index contributed by atoms with van der Waals surface area (Å²) in [6.07, 6.45) is 0.480. The summed E-state index contributed by atoms with van der Waals surface area (Å²) in [5.41, 5.74) is 1.55. The van der Waals surface area contributed by atoms with E-state index < -0.39 is 44.4 Å². The van der Waals surface area contributed by atoms with Gasteiger partial charge in [-0.1, -0.05) is 18.2 Å². The molecule has 1 heterocycles. The molecule has 0 saturated heterocycles. The Bertz CT molecular complexity index is 1230. The molecule has 0 aromatic heterocycles. The SMILES string of the molecule is CCS(=O)(=O)N1CCc2cc(C(=O)COC(=O)[C@H](C)NS(=O)(=O)c3ccccc3)ccc21. The van der Waals surface area contributed by atoms with Crippen molar-refractivity contribution in [2.24, 2.45) is 0 Å². The van der Waals surface area contributed by atoms with Gasteiger partial charge < -0.3 is 4.74 Å². The van der Waals surface area contributed by atoms with Crippen LogP contribution in [0.4, 0.5) is 5.69 Å². The predicted molar refractivity (Wildman–Crippen MR) is 118 cm³/mol. The standard InChI is InChI=1S/C21H24N2O7S2/c1-3-31(26,27)23-12-11-16-13-17(9-10-19(16)23)20(24)14-30-21(25)15(2)22-32(28,29)18-7-5-4-6-8-18/h4-10,13,15,22H,3,11-12,14H2,1-2H3/t15-/m0/s1. The van der Waals surface area contributed by atoms with Crippen LogP contribution in [0.2, 0.25) is 0 Å². The van der Waals surface area contributed by atoms with E-state index in [0.717, 1.165) is 5.56 Å². The van der Waals surface area contributed by atoms with E-state index >= 15 is 0 Å². The summed E-state index contributed by atoms with van der Waals surface area (Å²) in [7, 11) is -7.30. The zero-order valence-electron chi connectivity index (χ0n) is 17.6. The Morgan fingerprint density at radius 2 is 1.78 bits per heavy atom. The number of ether oxygens (including phenoxy) is 1. The van der Waals surface area contributed by atoms with Crippen LogP contribution < -0.4 is 9.03 Å². The van der Waals surface area contributed by atoms with Crippen molar-refractivity contribution in [2.75, 3.05) is 23.2 Å². The van der Waals surface area contributed by atoms with Crippen molar-refractivity contribution in [1.29, 1.82) is 0 Å². The fourth-order valence-electron chi connectivity index (χ4n) is 3.28. The molecule has 172 valence electrons. The van der Waals surface area contributed by atoms with Gasteiger partial charge in [-0.15, -0.1) is 0 Å². The molecule has 0 spiro atoms. The lowest BCUT2D eigenvalue weighted by atomic mass is 10.1. The summed E-state index contributed by atoms with van der Waals surface area (Å²) in [5.74, 6) is -1.38. The summed E-state index contributed by atoms with van der Waals surface area (Å²) in [6, 6.07) is 11.0. The number of fused-ring (bicyclic) bond motifs is 1. The van der Waals surface area contributed by atoms with Crippen LogP contribution in [0, 0.1) is 0 Å². The van der Waals surface area contributed by atoms with Crippen molar-refractivity contribution in [1.82, 2.24) is 4.72 Å². The van der Waals surface area contributed by atoms with Crippen molar-refractivity contribution in [3.63, 3.8) is 0 Å². The minimum absolute atomic E-state index is 0.00741. The van der Waals surface area contributed by atoms with E-state index in [-0.39, 0.29) is 16.2 Å². The first-order valence-electron chi connectivity index (χ1n) is 9.95. The van der Waals surface area contributed by atoms with E-state index in [1.807, 2.05) is 0 Å². The van der Waals surface area contributed by atoms with Gasteiger partial charge >= 0.3 is 5.97 Å². The van der Waals surface area contributed by atoms with Crippen LogP contribution in [0.3, 0.4) is 0 Å². The fraction of sp³-hybridized carbons (Fsp3) is 0.333. The van der Waals surface area contributed by atoms with E-state index in [9.17, 15) is 26.4 Å². The van der Waals surface area contributed by atoms with Crippen molar-refractivity contribution >= 4 is 37.5 Å². The van der Waals surface area contributed by atoms with Gasteiger partial charge in [0, 0.05) is 12.1 Å². The predicted octanol–water partition coefficient (Wildman–Crippen LogP) is 1.49. The van der Waals surface area contributed by atoms with Crippen molar-refractivity contribution in [3.8, 4) is 0 Å². The average Bonchev–Trinajstić information content (AvgIpc) is 3.21. The molecule has 0 saturated carbocycles. The van der Waals surface area contributed by atoms with E-state index in [0.29, 0.717) is 18.7 Å². The Morgan fingerprint density at radius 3 is 2.44 bits per heavy atom. The summed E-state index contributed by atoms with van der Waals surface area (Å²) >= 11 is 0. The van der Waals surface area contributed by atoms with Gasteiger partial charge in [0.05, 0.1) is 16.3 Å². The second kappa shape index (κ2) is 9.39. The van der Waals surface area contributed by atoms with E-state index in [1.165, 1.54) is 29.4 Å². The maximum absolute atomic E-state index is 12.5. The smallest absolute Gasteiger partial charge is 0.324 e. The molecule has 1 aliphatic rings. The van der Waals surface area contributed by atoms with Crippen LogP contribution in [0.15, 0.2) is 53.4 Å². The molecule has 11 heteroatoms. The van der Waals surface area contributed by atoms with Crippen molar-refractivity contribution in [2.45, 2.75) is 31.2 Å². The third kappa shape index (κ3) is 5.17. The number of carbonyl (C=O) groups excluding carboxylic acids is 2. The molecule has 32 heavy (non-hydrogen) atoms. The number of carbonyl (C=O) groups is 2. The zero-order chi connectivity index (χ0) is 23.5. The number of rotatable bonds is 9. The lowest BCUT2D eigenvalue weighted by Gasteiger charge is -2.18. The molecule has 1 N–H and O–H groups in total. The highest BCUT2D eigenvalue weighted by Gasteiger charge is 2.29. The Balaban J connectivity index is 1.61. The molecule has 0 fully saturated rings. The number of sulfonamides is 2. The molecule has 0 amide bonds. The maximum Gasteiger partial charge on any atom is 0.324 e. The number of hydrogen-bond acceptors (Lipinski definition) is 7. The van der Waals surface area contributed by atoms with Crippen LogP contribution in [0.5, 0.6) is 0 Å². The highest BCUT2D eigenvalue weighted by molar-refractivity contribution is 7.92. The molecule has 0 aliphatic carbocycles. The summed E-state index contributed by atoms with van der Waals surface area (Å²) in [6.45, 7) is 2.65. The largest absolute Gasteiger partial charge is 0.456 e. The average molecular weight is 481 g/mol. The Morgan fingerprint density at radius 1 is 1.09 bits per heavy atom. The quantitative estimate of drug-likeness (QED) is 0.425. The molecular weight excluding hydrogens is 456 g/mol. The van der Waals surface area contributed by atoms with Crippen LogP contribution in [-0.4, -0.2) is 53.5 Å². The van der Waals surface area contributed by atoms with Crippen LogP contribution in [-0.2, 0) is 36.0 Å². The number of anilines is 1. The first kappa shape index (κ1) is 23.9. The Hall–Kier alpha value is -2.76. The molecular formula is C21H24N2O7S2. The molecule has 3 rings (SSSR count). The second-order valence-corrected chi connectivity index (χ2v) is 11.1. The second-order valence-electron chi connectivity index (χ2n) is 7.25. The summed E-state index contributed by atoms with van der Waals surface area (Å²) < 4.78 is 57.5. The monoisotopic (exact) mass is 480 g/mol. The minimum Gasteiger partial charge on any atom is -0.456 e. The van der Waals surface area contributed by atoms with Gasteiger partial charge in [0.15, 0.2) is 12.4 Å². The molecule has 1 aliphatic heterocycles. The van der Waals surface area contributed by atoms with Gasteiger partial charge in [-0.25, -0.2) is 16.8 Å². The lowest BCUT2D eigenvalue weighted by molar-refractivity contribution is -0.144. The Kier molecular flexibility index (Phi) is 7.01. The van der Waals surface area contributed by atoms with Crippen molar-refractivity contribution < 1.29 is 31.2 Å². The first-order valence-corrected chi connectivity index (χ1v) is 13.0. The van der Waals surface area contributed by atoms with Gasteiger partial charge in [0.1, 0.15) is 6.04 Å². The van der Waals surface area contributed by atoms with Gasteiger partial charge in [0.25, 0.3) is 0 Å². The zero-order valence-corrected chi connectivity index (χ0v) is 19.3. The van der Waals surface area contributed by atoms with Gasteiger partial charge in [-0.05, 0) is 56.2 Å². The van der Waals surface area contributed by atoms with Crippen LogP contribution in [0.1, 0.15) is 29.8 Å². The normalized spacial score (nSPS) is 14.6. The molecule has 2 aromatic carbocycles. The number of Topliss-reactive ketones (excluding diaryl/α,β-unsaturated/α-hetero) is 1. The summed E-state index contributed by atoms with van der Waals surface area (Å²) in [5, 5.41) is 0. The minimum atomic E-state index is -3.91.